The summed E-state index contributed by atoms with van der Waals surface area (Å²) < 4.78 is 3.61. The van der Waals surface area contributed by atoms with Gasteiger partial charge in [-0.15, -0.1) is 0 Å². The number of aryl methyl sites for hydroxylation is 2. The van der Waals surface area contributed by atoms with E-state index in [-0.39, 0.29) is 11.1 Å². The fraction of sp³-hybridized carbons (Fsp3) is 0.500. The van der Waals surface area contributed by atoms with Crippen LogP contribution in [-0.2, 0) is 19.1 Å². The highest BCUT2D eigenvalue weighted by atomic mass is 16.1. The van der Waals surface area contributed by atoms with Gasteiger partial charge in [0.05, 0.1) is 17.4 Å². The fourth-order valence-electron chi connectivity index (χ4n) is 2.74. The summed E-state index contributed by atoms with van der Waals surface area (Å²) >= 11 is 0. The first-order chi connectivity index (χ1) is 11.2. The molecule has 0 spiro atoms. The Hall–Kier alpha value is -2.64. The van der Waals surface area contributed by atoms with Gasteiger partial charge in [0, 0.05) is 24.8 Å². The highest BCUT2D eigenvalue weighted by Crippen LogP contribution is 2.19. The van der Waals surface area contributed by atoms with Crippen LogP contribution in [0, 0.1) is 13.8 Å². The molecule has 0 atom stereocenters. The molecule has 0 aromatic carbocycles. The van der Waals surface area contributed by atoms with E-state index in [0.29, 0.717) is 23.5 Å². The molecule has 0 aliphatic rings. The van der Waals surface area contributed by atoms with Crippen LogP contribution in [0.3, 0.4) is 0 Å². The predicted octanol–water partition coefficient (Wildman–Crippen LogP) is 1.84. The van der Waals surface area contributed by atoms with Crippen LogP contribution in [0.2, 0.25) is 0 Å². The molecule has 8 nitrogen and oxygen atoms in total. The van der Waals surface area contributed by atoms with Gasteiger partial charge < -0.3 is 5.32 Å². The van der Waals surface area contributed by atoms with Crippen molar-refractivity contribution in [1.82, 2.24) is 29.5 Å². The second-order valence-electron chi connectivity index (χ2n) is 7.01. The zero-order chi connectivity index (χ0) is 17.6. The van der Waals surface area contributed by atoms with Crippen molar-refractivity contribution in [1.29, 1.82) is 0 Å². The molecule has 24 heavy (non-hydrogen) atoms. The van der Waals surface area contributed by atoms with E-state index in [0.717, 1.165) is 17.0 Å². The van der Waals surface area contributed by atoms with E-state index in [2.05, 4.69) is 25.5 Å². The zero-order valence-corrected chi connectivity index (χ0v) is 14.9. The zero-order valence-electron chi connectivity index (χ0n) is 14.9. The third-order valence-corrected chi connectivity index (χ3v) is 4.16. The lowest BCUT2D eigenvalue weighted by atomic mass is 10.1. The molecule has 0 saturated carbocycles. The van der Waals surface area contributed by atoms with E-state index in [9.17, 15) is 4.79 Å². The summed E-state index contributed by atoms with van der Waals surface area (Å²) in [6.07, 6.45) is 1.56. The minimum Gasteiger partial charge on any atom is -0.351 e. The number of aromatic nitrogens is 6. The Morgan fingerprint density at radius 2 is 2.00 bits per heavy atom. The number of fused-ring (bicyclic) bond motifs is 1. The van der Waals surface area contributed by atoms with Crippen molar-refractivity contribution in [2.24, 2.45) is 7.05 Å². The molecule has 0 bridgehead atoms. The fourth-order valence-corrected chi connectivity index (χ4v) is 2.74. The van der Waals surface area contributed by atoms with Gasteiger partial charge in [0.15, 0.2) is 5.65 Å². The van der Waals surface area contributed by atoms with Gasteiger partial charge in [-0.2, -0.15) is 15.2 Å². The Labute approximate surface area is 139 Å². The van der Waals surface area contributed by atoms with Crippen molar-refractivity contribution in [3.63, 3.8) is 0 Å². The van der Waals surface area contributed by atoms with Crippen molar-refractivity contribution in [2.75, 3.05) is 5.32 Å². The molecular formula is C16H23N7O. The van der Waals surface area contributed by atoms with E-state index in [1.54, 1.807) is 10.9 Å². The maximum absolute atomic E-state index is 12.3. The van der Waals surface area contributed by atoms with Gasteiger partial charge in [-0.3, -0.25) is 14.5 Å². The number of nitrogens with one attached hydrogen (secondary N) is 2. The number of nitrogens with zero attached hydrogens (tertiary/aromatic N) is 5. The quantitative estimate of drug-likeness (QED) is 0.765. The highest BCUT2D eigenvalue weighted by molar-refractivity contribution is 5.74. The molecule has 0 unspecified atom stereocenters. The monoisotopic (exact) mass is 329 g/mol. The molecule has 0 radical (unpaired) electrons. The van der Waals surface area contributed by atoms with Crippen LogP contribution in [0.25, 0.3) is 11.0 Å². The van der Waals surface area contributed by atoms with Crippen LogP contribution in [0.15, 0.2) is 11.0 Å². The van der Waals surface area contributed by atoms with E-state index in [4.69, 9.17) is 0 Å². The molecule has 0 amide bonds. The van der Waals surface area contributed by atoms with Gasteiger partial charge in [0.1, 0.15) is 5.39 Å². The SMILES string of the molecule is Cc1nn(C)c(C)c1CNc1nc2c(cnn2C(C)(C)C)c(=O)[nH]1. The first kappa shape index (κ1) is 16.2. The number of H-pyrrole nitrogens is 1. The summed E-state index contributed by atoms with van der Waals surface area (Å²) in [5.41, 5.74) is 3.28. The van der Waals surface area contributed by atoms with E-state index in [1.807, 2.05) is 46.3 Å². The summed E-state index contributed by atoms with van der Waals surface area (Å²) in [7, 11) is 1.92. The third-order valence-electron chi connectivity index (χ3n) is 4.16. The van der Waals surface area contributed by atoms with Gasteiger partial charge >= 0.3 is 0 Å². The minimum atomic E-state index is -0.254. The highest BCUT2D eigenvalue weighted by Gasteiger charge is 2.20. The van der Waals surface area contributed by atoms with Crippen LogP contribution in [0.5, 0.6) is 0 Å². The average Bonchev–Trinajstić information content (AvgIpc) is 3.00. The van der Waals surface area contributed by atoms with Crippen LogP contribution in [-0.4, -0.2) is 29.5 Å². The number of anilines is 1. The molecule has 128 valence electrons. The Balaban J connectivity index is 1.97. The minimum absolute atomic E-state index is 0.197. The molecule has 3 aromatic heterocycles. The van der Waals surface area contributed by atoms with Crippen LogP contribution in [0.1, 0.15) is 37.7 Å². The Kier molecular flexibility index (Phi) is 3.70. The summed E-state index contributed by atoms with van der Waals surface area (Å²) in [4.78, 5) is 19.6. The molecule has 8 heteroatoms. The topological polar surface area (TPSA) is 93.4 Å². The molecule has 3 rings (SSSR count). The smallest absolute Gasteiger partial charge is 0.263 e. The Morgan fingerprint density at radius 3 is 2.58 bits per heavy atom. The molecule has 3 aromatic rings. The number of aromatic amines is 1. The van der Waals surface area contributed by atoms with Crippen LogP contribution >= 0.6 is 0 Å². The molecular weight excluding hydrogens is 306 g/mol. The lowest BCUT2D eigenvalue weighted by Gasteiger charge is -2.19. The maximum atomic E-state index is 12.3. The lowest BCUT2D eigenvalue weighted by molar-refractivity contribution is 0.366. The Morgan fingerprint density at radius 1 is 1.29 bits per heavy atom. The lowest BCUT2D eigenvalue weighted by Crippen LogP contribution is -2.24. The van der Waals surface area contributed by atoms with E-state index >= 15 is 0 Å². The summed E-state index contributed by atoms with van der Waals surface area (Å²) in [6, 6.07) is 0. The third kappa shape index (κ3) is 2.68. The molecule has 0 fully saturated rings. The largest absolute Gasteiger partial charge is 0.351 e. The van der Waals surface area contributed by atoms with Crippen LogP contribution in [0.4, 0.5) is 5.95 Å². The summed E-state index contributed by atoms with van der Waals surface area (Å²) in [5, 5.41) is 12.4. The van der Waals surface area contributed by atoms with Gasteiger partial charge in [-0.25, -0.2) is 4.68 Å². The number of hydrogen-bond acceptors (Lipinski definition) is 5. The summed E-state index contributed by atoms with van der Waals surface area (Å²) in [5.74, 6) is 0.432. The predicted molar refractivity (Wildman–Crippen MR) is 93.2 cm³/mol. The number of hydrogen-bond donors (Lipinski definition) is 2. The van der Waals surface area contributed by atoms with Crippen molar-refractivity contribution in [3.05, 3.63) is 33.5 Å². The normalized spacial score (nSPS) is 12.1. The Bertz CT molecular complexity index is 955. The second-order valence-corrected chi connectivity index (χ2v) is 7.01. The van der Waals surface area contributed by atoms with Gasteiger partial charge in [0.2, 0.25) is 5.95 Å². The van der Waals surface area contributed by atoms with Gasteiger partial charge in [-0.1, -0.05) is 0 Å². The maximum Gasteiger partial charge on any atom is 0.263 e. The van der Waals surface area contributed by atoms with Crippen molar-refractivity contribution < 1.29 is 0 Å². The van der Waals surface area contributed by atoms with Crippen LogP contribution < -0.4 is 10.9 Å². The first-order valence-corrected chi connectivity index (χ1v) is 7.90. The standard InChI is InChI=1S/C16H23N7O/c1-9-11(10(2)22(6)21-9)7-17-15-19-13-12(14(24)20-15)8-18-23(13)16(3,4)5/h8H,7H2,1-6H3,(H2,17,19,20,24). The second kappa shape index (κ2) is 5.47. The molecule has 0 aliphatic heterocycles. The first-order valence-electron chi connectivity index (χ1n) is 7.90. The molecule has 3 heterocycles. The van der Waals surface area contributed by atoms with E-state index in [1.165, 1.54) is 0 Å². The summed E-state index contributed by atoms with van der Waals surface area (Å²) in [6.45, 7) is 10.6. The molecule has 0 saturated heterocycles. The van der Waals surface area contributed by atoms with Crippen molar-refractivity contribution in [2.45, 2.75) is 46.7 Å². The van der Waals surface area contributed by atoms with E-state index < -0.39 is 0 Å². The van der Waals surface area contributed by atoms with Gasteiger partial charge in [-0.05, 0) is 34.6 Å². The number of rotatable bonds is 3. The van der Waals surface area contributed by atoms with Gasteiger partial charge in [0.25, 0.3) is 5.56 Å². The van der Waals surface area contributed by atoms with Crippen molar-refractivity contribution >= 4 is 17.0 Å². The average molecular weight is 329 g/mol. The van der Waals surface area contributed by atoms with Crippen molar-refractivity contribution in [3.8, 4) is 0 Å². The molecule has 2 N–H and O–H groups in total. The molecule has 0 aliphatic carbocycles.